The molecule has 2 aromatic rings. The van der Waals surface area contributed by atoms with Gasteiger partial charge in [-0.1, -0.05) is 11.6 Å². The summed E-state index contributed by atoms with van der Waals surface area (Å²) in [4.78, 5) is 16.4. The van der Waals surface area contributed by atoms with Crippen molar-refractivity contribution in [2.75, 3.05) is 12.4 Å². The molecule has 1 amide bonds. The Balaban J connectivity index is 2.16. The molecule has 0 aliphatic rings. The van der Waals surface area contributed by atoms with Gasteiger partial charge in [-0.2, -0.15) is 4.98 Å². The number of ether oxygens (including phenoxy) is 1. The normalized spacial score (nSPS) is 11.9. The number of sulfonamides is 1. The summed E-state index contributed by atoms with van der Waals surface area (Å²) in [6.45, 7) is 5.25. The van der Waals surface area contributed by atoms with E-state index in [1.54, 1.807) is 32.9 Å². The molecule has 1 aromatic heterocycles. The fraction of sp³-hybridized carbons (Fsp3) is 0.294. The molecule has 0 aliphatic carbocycles. The lowest BCUT2D eigenvalue weighted by atomic mass is 10.1. The summed E-state index contributed by atoms with van der Waals surface area (Å²) in [5.41, 5.74) is 0.00246. The zero-order valence-corrected chi connectivity index (χ0v) is 16.4. The third kappa shape index (κ3) is 5.17. The number of hydrogen-bond donors (Lipinski definition) is 2. The Labute approximate surface area is 157 Å². The van der Waals surface area contributed by atoms with Gasteiger partial charge in [-0.05, 0) is 51.1 Å². The van der Waals surface area contributed by atoms with Gasteiger partial charge >= 0.3 is 0 Å². The first-order chi connectivity index (χ1) is 12.0. The van der Waals surface area contributed by atoms with Crippen LogP contribution in [0, 0.1) is 0 Å². The number of carbonyl (C=O) groups is 1. The van der Waals surface area contributed by atoms with Crippen LogP contribution in [0.2, 0.25) is 5.15 Å². The summed E-state index contributed by atoms with van der Waals surface area (Å²) in [6, 6.07) is 8.73. The summed E-state index contributed by atoms with van der Waals surface area (Å²) in [5.74, 6) is -0.111. The van der Waals surface area contributed by atoms with Gasteiger partial charge in [0.05, 0.1) is 17.7 Å². The molecule has 0 saturated heterocycles. The number of carbonyl (C=O) groups excluding carboxylic acids is 1. The quantitative estimate of drug-likeness (QED) is 0.755. The van der Waals surface area contributed by atoms with Crippen molar-refractivity contribution >= 4 is 33.2 Å². The van der Waals surface area contributed by atoms with Gasteiger partial charge in [0.25, 0.3) is 5.91 Å². The molecule has 2 N–H and O–H groups in total. The van der Waals surface area contributed by atoms with Crippen LogP contribution in [0.3, 0.4) is 0 Å². The van der Waals surface area contributed by atoms with Gasteiger partial charge in [0.15, 0.2) is 5.15 Å². The second kappa shape index (κ2) is 7.61. The van der Waals surface area contributed by atoms with Gasteiger partial charge in [0.1, 0.15) is 0 Å². The molecule has 2 rings (SSSR count). The highest BCUT2D eigenvalue weighted by Crippen LogP contribution is 2.23. The van der Waals surface area contributed by atoms with Gasteiger partial charge < -0.3 is 10.1 Å². The second-order valence-electron chi connectivity index (χ2n) is 6.53. The molecule has 0 bridgehead atoms. The third-order valence-electron chi connectivity index (χ3n) is 3.15. The lowest BCUT2D eigenvalue weighted by Gasteiger charge is -2.20. The fourth-order valence-electron chi connectivity index (χ4n) is 2.07. The van der Waals surface area contributed by atoms with Crippen molar-refractivity contribution in [2.24, 2.45) is 0 Å². The first-order valence-electron chi connectivity index (χ1n) is 7.68. The van der Waals surface area contributed by atoms with E-state index >= 15 is 0 Å². The maximum absolute atomic E-state index is 12.3. The minimum atomic E-state index is -3.66. The van der Waals surface area contributed by atoms with E-state index in [2.05, 4.69) is 15.0 Å². The number of anilines is 1. The summed E-state index contributed by atoms with van der Waals surface area (Å²) in [6.07, 6.45) is 0. The lowest BCUT2D eigenvalue weighted by Crippen LogP contribution is -2.40. The molecule has 0 atom stereocenters. The minimum Gasteiger partial charge on any atom is -0.481 e. The number of nitrogens with zero attached hydrogens (tertiary/aromatic N) is 1. The fourth-order valence-corrected chi connectivity index (χ4v) is 3.68. The van der Waals surface area contributed by atoms with E-state index in [1.165, 1.54) is 31.4 Å². The summed E-state index contributed by atoms with van der Waals surface area (Å²) in [5, 5.41) is 2.71. The first-order valence-corrected chi connectivity index (χ1v) is 9.54. The van der Waals surface area contributed by atoms with E-state index in [0.717, 1.165) is 0 Å². The van der Waals surface area contributed by atoms with Crippen LogP contribution in [-0.4, -0.2) is 32.0 Å². The Morgan fingerprint density at radius 2 is 1.73 bits per heavy atom. The Morgan fingerprint density at radius 1 is 1.12 bits per heavy atom. The number of benzene rings is 1. The maximum Gasteiger partial charge on any atom is 0.255 e. The van der Waals surface area contributed by atoms with E-state index in [-0.39, 0.29) is 15.6 Å². The van der Waals surface area contributed by atoms with Crippen LogP contribution >= 0.6 is 11.6 Å². The molecule has 0 spiro atoms. The summed E-state index contributed by atoms with van der Waals surface area (Å²) in [7, 11) is -2.20. The monoisotopic (exact) mass is 397 g/mol. The van der Waals surface area contributed by atoms with Crippen LogP contribution < -0.4 is 14.8 Å². The molecule has 140 valence electrons. The van der Waals surface area contributed by atoms with Crippen molar-refractivity contribution in [2.45, 2.75) is 31.2 Å². The van der Waals surface area contributed by atoms with Gasteiger partial charge in [-0.25, -0.2) is 13.1 Å². The largest absolute Gasteiger partial charge is 0.481 e. The highest BCUT2D eigenvalue weighted by molar-refractivity contribution is 7.89. The van der Waals surface area contributed by atoms with Crippen LogP contribution in [0.25, 0.3) is 0 Å². The number of rotatable bonds is 5. The molecule has 9 heteroatoms. The molecular formula is C17H20ClN3O4S. The molecule has 26 heavy (non-hydrogen) atoms. The van der Waals surface area contributed by atoms with Gasteiger partial charge in [-0.15, -0.1) is 0 Å². The minimum absolute atomic E-state index is 0.0770. The standard InChI is InChI=1S/C17H20ClN3O4S/c1-17(2,3)21-26(23,24)12-7-5-11(6-8-12)16(22)19-13-9-10-14(25-4)20-15(13)18/h5-10,21H,1-4H3,(H,19,22). The smallest absolute Gasteiger partial charge is 0.255 e. The van der Waals surface area contributed by atoms with Crippen LogP contribution in [0.4, 0.5) is 5.69 Å². The summed E-state index contributed by atoms with van der Waals surface area (Å²) < 4.78 is 32.1. The highest BCUT2D eigenvalue weighted by atomic mass is 35.5. The van der Waals surface area contributed by atoms with E-state index < -0.39 is 21.5 Å². The molecular weight excluding hydrogens is 378 g/mol. The number of halogens is 1. The highest BCUT2D eigenvalue weighted by Gasteiger charge is 2.22. The topological polar surface area (TPSA) is 97.4 Å². The molecule has 7 nitrogen and oxygen atoms in total. The predicted molar refractivity (Wildman–Crippen MR) is 100 cm³/mol. The zero-order chi connectivity index (χ0) is 19.5. The Bertz CT molecular complexity index is 907. The van der Waals surface area contributed by atoms with Gasteiger partial charge in [0.2, 0.25) is 15.9 Å². The maximum atomic E-state index is 12.3. The van der Waals surface area contributed by atoms with Crippen LogP contribution in [0.5, 0.6) is 5.88 Å². The molecule has 0 fully saturated rings. The van der Waals surface area contributed by atoms with E-state index in [1.807, 2.05) is 0 Å². The number of methoxy groups -OCH3 is 1. The number of hydrogen-bond acceptors (Lipinski definition) is 5. The SMILES string of the molecule is COc1ccc(NC(=O)c2ccc(S(=O)(=O)NC(C)(C)C)cc2)c(Cl)n1. The average molecular weight is 398 g/mol. The molecule has 0 aliphatic heterocycles. The van der Waals surface area contributed by atoms with Crippen LogP contribution in [-0.2, 0) is 10.0 Å². The number of nitrogens with one attached hydrogen (secondary N) is 2. The van der Waals surface area contributed by atoms with Gasteiger partial charge in [0, 0.05) is 17.2 Å². The van der Waals surface area contributed by atoms with Crippen molar-refractivity contribution in [3.8, 4) is 5.88 Å². The number of aromatic nitrogens is 1. The molecule has 0 radical (unpaired) electrons. The number of amides is 1. The van der Waals surface area contributed by atoms with Crippen LogP contribution in [0.15, 0.2) is 41.3 Å². The van der Waals surface area contributed by atoms with E-state index in [9.17, 15) is 13.2 Å². The Hall–Kier alpha value is -2.16. The van der Waals surface area contributed by atoms with E-state index in [0.29, 0.717) is 11.6 Å². The number of pyridine rings is 1. The molecule has 1 heterocycles. The molecule has 0 saturated carbocycles. The van der Waals surface area contributed by atoms with Crippen molar-refractivity contribution in [1.29, 1.82) is 0 Å². The van der Waals surface area contributed by atoms with E-state index in [4.69, 9.17) is 16.3 Å². The Morgan fingerprint density at radius 3 is 2.23 bits per heavy atom. The van der Waals surface area contributed by atoms with Crippen molar-refractivity contribution < 1.29 is 17.9 Å². The first kappa shape index (κ1) is 20.2. The second-order valence-corrected chi connectivity index (χ2v) is 8.57. The third-order valence-corrected chi connectivity index (χ3v) is 5.21. The van der Waals surface area contributed by atoms with Crippen molar-refractivity contribution in [3.63, 3.8) is 0 Å². The van der Waals surface area contributed by atoms with Crippen LogP contribution in [0.1, 0.15) is 31.1 Å². The zero-order valence-electron chi connectivity index (χ0n) is 14.8. The lowest BCUT2D eigenvalue weighted by molar-refractivity contribution is 0.102. The van der Waals surface area contributed by atoms with Gasteiger partial charge in [-0.3, -0.25) is 4.79 Å². The average Bonchev–Trinajstić information content (AvgIpc) is 2.54. The Kier molecular flexibility index (Phi) is 5.90. The van der Waals surface area contributed by atoms with Crippen molar-refractivity contribution in [1.82, 2.24) is 9.71 Å². The molecule has 0 unspecified atom stereocenters. The molecule has 1 aromatic carbocycles. The summed E-state index contributed by atoms with van der Waals surface area (Å²) >= 11 is 5.99. The predicted octanol–water partition coefficient (Wildman–Crippen LogP) is 3.07. The van der Waals surface area contributed by atoms with Crippen molar-refractivity contribution in [3.05, 3.63) is 47.1 Å².